The normalized spacial score (nSPS) is 11.8. The van der Waals surface area contributed by atoms with Crippen LogP contribution in [0.15, 0.2) is 11.1 Å². The van der Waals surface area contributed by atoms with Gasteiger partial charge in [-0.3, -0.25) is 0 Å². The number of methoxy groups -OCH3 is 2. The van der Waals surface area contributed by atoms with Crippen molar-refractivity contribution in [2.45, 2.75) is 0 Å². The first-order valence-electron chi connectivity index (χ1n) is 5.44. The number of anilines is 1. The Bertz CT molecular complexity index is 748. The minimum Gasteiger partial charge on any atom is -0.481 e. The molecule has 0 bridgehead atoms. The summed E-state index contributed by atoms with van der Waals surface area (Å²) in [7, 11) is 2.98. The highest BCUT2D eigenvalue weighted by Crippen LogP contribution is 2.39. The van der Waals surface area contributed by atoms with E-state index in [1.165, 1.54) is 20.6 Å². The minimum absolute atomic E-state index is 0.239. The molecule has 7 heteroatoms. The number of ether oxygens (including phenoxy) is 2. The predicted octanol–water partition coefficient (Wildman–Crippen LogP) is 1.60. The molecule has 0 radical (unpaired) electrons. The largest absolute Gasteiger partial charge is 0.481 e. The minimum atomic E-state index is 0.239. The molecule has 1 N–H and O–H groups in total. The number of hydrogen-bond acceptors (Lipinski definition) is 7. The second-order valence-corrected chi connectivity index (χ2v) is 3.77. The lowest BCUT2D eigenvalue weighted by Gasteiger charge is -2.15. The van der Waals surface area contributed by atoms with Crippen LogP contribution >= 0.6 is 0 Å². The average Bonchev–Trinajstić information content (AvgIpc) is 2.46. The van der Waals surface area contributed by atoms with E-state index >= 15 is 0 Å². The molecule has 7 nitrogen and oxygen atoms in total. The van der Waals surface area contributed by atoms with E-state index in [0.717, 1.165) is 0 Å². The fourth-order valence-electron chi connectivity index (χ4n) is 1.98. The van der Waals surface area contributed by atoms with Gasteiger partial charge in [-0.25, -0.2) is 4.99 Å². The number of nitriles is 1. The first-order chi connectivity index (χ1) is 9.28. The van der Waals surface area contributed by atoms with Gasteiger partial charge in [-0.2, -0.15) is 15.2 Å². The summed E-state index contributed by atoms with van der Waals surface area (Å²) in [4.78, 5) is 12.6. The highest BCUT2D eigenvalue weighted by atomic mass is 16.5. The maximum Gasteiger partial charge on any atom is 0.234 e. The van der Waals surface area contributed by atoms with Crippen molar-refractivity contribution in [1.82, 2.24) is 9.97 Å². The molecule has 3 heterocycles. The zero-order chi connectivity index (χ0) is 13.4. The van der Waals surface area contributed by atoms with Gasteiger partial charge in [0.15, 0.2) is 5.82 Å². The third kappa shape index (κ3) is 1.54. The smallest absolute Gasteiger partial charge is 0.234 e. The zero-order valence-corrected chi connectivity index (χ0v) is 10.3. The van der Waals surface area contributed by atoms with Crippen molar-refractivity contribution >= 4 is 28.7 Å². The number of nitrogens with zero attached hydrogens (tertiary/aromatic N) is 4. The molecule has 0 atom stereocenters. The Morgan fingerprint density at radius 2 is 2.11 bits per heavy atom. The van der Waals surface area contributed by atoms with Crippen molar-refractivity contribution in [3.8, 4) is 17.8 Å². The van der Waals surface area contributed by atoms with E-state index in [-0.39, 0.29) is 5.88 Å². The summed E-state index contributed by atoms with van der Waals surface area (Å²) in [6.07, 6.45) is 1.49. The number of aliphatic imine (C=N–C) groups is 1. The monoisotopic (exact) mass is 255 g/mol. The quantitative estimate of drug-likeness (QED) is 0.876. The molecule has 94 valence electrons. The molecule has 0 aliphatic carbocycles. The van der Waals surface area contributed by atoms with Crippen molar-refractivity contribution in [1.29, 1.82) is 5.26 Å². The van der Waals surface area contributed by atoms with Crippen molar-refractivity contribution < 1.29 is 9.47 Å². The maximum absolute atomic E-state index is 9.29. The van der Waals surface area contributed by atoms with Crippen LogP contribution in [-0.4, -0.2) is 30.5 Å². The van der Waals surface area contributed by atoms with Gasteiger partial charge >= 0.3 is 0 Å². The van der Waals surface area contributed by atoms with Crippen LogP contribution in [0.1, 0.15) is 5.56 Å². The Balaban J connectivity index is 2.49. The van der Waals surface area contributed by atoms with Crippen LogP contribution in [0.25, 0.3) is 10.8 Å². The lowest BCUT2D eigenvalue weighted by Crippen LogP contribution is -2.06. The first-order valence-corrected chi connectivity index (χ1v) is 5.44. The van der Waals surface area contributed by atoms with Crippen LogP contribution in [-0.2, 0) is 0 Å². The van der Waals surface area contributed by atoms with Crippen LogP contribution in [0, 0.1) is 11.3 Å². The molecule has 0 spiro atoms. The molecule has 2 aromatic rings. The summed E-state index contributed by atoms with van der Waals surface area (Å²) in [6.45, 7) is 0. The van der Waals surface area contributed by atoms with Gasteiger partial charge in [-0.05, 0) is 0 Å². The second kappa shape index (κ2) is 4.10. The first kappa shape index (κ1) is 11.2. The molecular formula is C12H9N5O2. The van der Waals surface area contributed by atoms with Crippen LogP contribution in [0.3, 0.4) is 0 Å². The molecule has 0 fully saturated rings. The SMILES string of the molecule is COc1cc2c(C#N)c(OC)nc3c2c(n1)NC=N3. The Morgan fingerprint density at radius 1 is 1.26 bits per heavy atom. The molecule has 0 aromatic carbocycles. The molecule has 0 unspecified atom stereocenters. The lowest BCUT2D eigenvalue weighted by atomic mass is 10.1. The summed E-state index contributed by atoms with van der Waals surface area (Å²) in [6, 6.07) is 3.77. The van der Waals surface area contributed by atoms with Gasteiger partial charge in [0, 0.05) is 11.5 Å². The standard InChI is InChI=1S/C12H9N5O2/c1-18-8-3-6-7(4-13)12(19-2)17-11-9(6)10(16-8)14-5-15-11/h3,5H,1-2H3,(H,14,15,16,17). The van der Waals surface area contributed by atoms with Crippen molar-refractivity contribution in [3.63, 3.8) is 0 Å². The van der Waals surface area contributed by atoms with Crippen LogP contribution < -0.4 is 14.8 Å². The highest BCUT2D eigenvalue weighted by Gasteiger charge is 2.21. The molecular weight excluding hydrogens is 246 g/mol. The van der Waals surface area contributed by atoms with Gasteiger partial charge in [0.05, 0.1) is 25.9 Å². The maximum atomic E-state index is 9.29. The van der Waals surface area contributed by atoms with Crippen LogP contribution in [0.5, 0.6) is 11.8 Å². The number of hydrogen-bond donors (Lipinski definition) is 1. The van der Waals surface area contributed by atoms with Crippen LogP contribution in [0.4, 0.5) is 11.6 Å². The third-order valence-electron chi connectivity index (χ3n) is 2.81. The van der Waals surface area contributed by atoms with E-state index in [9.17, 15) is 5.26 Å². The Kier molecular flexibility index (Phi) is 2.42. The van der Waals surface area contributed by atoms with E-state index in [4.69, 9.17) is 9.47 Å². The lowest BCUT2D eigenvalue weighted by molar-refractivity contribution is 0.396. The summed E-state index contributed by atoms with van der Waals surface area (Å²) in [5.41, 5.74) is 0.335. The average molecular weight is 255 g/mol. The van der Waals surface area contributed by atoms with E-state index in [0.29, 0.717) is 33.9 Å². The number of pyridine rings is 2. The third-order valence-corrected chi connectivity index (χ3v) is 2.81. The van der Waals surface area contributed by atoms with E-state index < -0.39 is 0 Å². The van der Waals surface area contributed by atoms with Gasteiger partial charge in [0.2, 0.25) is 11.8 Å². The summed E-state index contributed by atoms with van der Waals surface area (Å²) in [5.74, 6) is 1.67. The predicted molar refractivity (Wildman–Crippen MR) is 69.1 cm³/mol. The summed E-state index contributed by atoms with van der Waals surface area (Å²) >= 11 is 0. The molecule has 0 saturated carbocycles. The second-order valence-electron chi connectivity index (χ2n) is 3.77. The van der Waals surface area contributed by atoms with Gasteiger partial charge in [0.25, 0.3) is 0 Å². The van der Waals surface area contributed by atoms with Gasteiger partial charge in [-0.15, -0.1) is 0 Å². The Hall–Kier alpha value is -2.88. The van der Waals surface area contributed by atoms with E-state index in [1.807, 2.05) is 0 Å². The van der Waals surface area contributed by atoms with Gasteiger partial charge in [0.1, 0.15) is 17.5 Å². The fraction of sp³-hybridized carbons (Fsp3) is 0.167. The van der Waals surface area contributed by atoms with Gasteiger partial charge < -0.3 is 14.8 Å². The summed E-state index contributed by atoms with van der Waals surface area (Å²) < 4.78 is 10.3. The van der Waals surface area contributed by atoms with Crippen molar-refractivity contribution in [2.24, 2.45) is 4.99 Å². The Morgan fingerprint density at radius 3 is 2.79 bits per heavy atom. The highest BCUT2D eigenvalue weighted by molar-refractivity contribution is 6.08. The molecule has 3 rings (SSSR count). The summed E-state index contributed by atoms with van der Waals surface area (Å²) in [5, 5.41) is 13.5. The van der Waals surface area contributed by atoms with Crippen molar-refractivity contribution in [3.05, 3.63) is 11.6 Å². The number of nitrogens with one attached hydrogen (secondary N) is 1. The zero-order valence-electron chi connectivity index (χ0n) is 10.3. The van der Waals surface area contributed by atoms with Crippen LogP contribution in [0.2, 0.25) is 0 Å². The fourth-order valence-corrected chi connectivity index (χ4v) is 1.98. The molecule has 0 amide bonds. The molecule has 2 aromatic heterocycles. The molecule has 1 aliphatic heterocycles. The molecule has 1 aliphatic rings. The van der Waals surface area contributed by atoms with Gasteiger partial charge in [-0.1, -0.05) is 0 Å². The van der Waals surface area contributed by atoms with E-state index in [1.54, 1.807) is 6.07 Å². The van der Waals surface area contributed by atoms with E-state index in [2.05, 4.69) is 26.3 Å². The van der Waals surface area contributed by atoms with Crippen molar-refractivity contribution in [2.75, 3.05) is 19.5 Å². The Labute approximate surface area is 108 Å². The number of rotatable bonds is 2. The molecule has 19 heavy (non-hydrogen) atoms. The molecule has 0 saturated heterocycles. The number of aromatic nitrogens is 2. The topological polar surface area (TPSA) is 92.4 Å².